The quantitative estimate of drug-likeness (QED) is 0.300. The number of pyridine rings is 1. The molecule has 1 heterocycles. The molecule has 35 heavy (non-hydrogen) atoms. The molecule has 0 saturated carbocycles. The first kappa shape index (κ1) is 24.3. The van der Waals surface area contributed by atoms with E-state index in [0.29, 0.717) is 28.1 Å². The van der Waals surface area contributed by atoms with Crippen LogP contribution >= 0.6 is 0 Å². The summed E-state index contributed by atoms with van der Waals surface area (Å²) < 4.78 is 5.46. The highest BCUT2D eigenvalue weighted by atomic mass is 16.6. The van der Waals surface area contributed by atoms with Crippen molar-refractivity contribution in [2.75, 3.05) is 11.9 Å². The number of nitrogens with zero attached hydrogens (tertiary/aromatic N) is 2. The largest absolute Gasteiger partial charge is 0.452 e. The Hall–Kier alpha value is -3.81. The van der Waals surface area contributed by atoms with E-state index in [0.717, 1.165) is 36.0 Å². The van der Waals surface area contributed by atoms with Crippen LogP contribution in [-0.2, 0) is 22.4 Å². The molecule has 8 heteroatoms. The number of anilines is 1. The lowest BCUT2D eigenvalue weighted by Crippen LogP contribution is -2.29. The van der Waals surface area contributed by atoms with E-state index >= 15 is 0 Å². The lowest BCUT2D eigenvalue weighted by molar-refractivity contribution is -0.385. The van der Waals surface area contributed by atoms with E-state index in [1.807, 2.05) is 24.3 Å². The Morgan fingerprint density at radius 3 is 2.63 bits per heavy atom. The van der Waals surface area contributed by atoms with Crippen LogP contribution in [0, 0.1) is 28.4 Å². The van der Waals surface area contributed by atoms with Gasteiger partial charge in [-0.3, -0.25) is 19.9 Å². The molecule has 8 nitrogen and oxygen atoms in total. The average molecular weight is 476 g/mol. The highest BCUT2D eigenvalue weighted by Crippen LogP contribution is 2.39. The van der Waals surface area contributed by atoms with Gasteiger partial charge in [0.25, 0.3) is 11.6 Å². The second-order valence-electron chi connectivity index (χ2n) is 10.1. The highest BCUT2D eigenvalue weighted by Gasteiger charge is 2.33. The molecule has 1 N–H and O–H groups in total. The molecule has 2 aromatic carbocycles. The summed E-state index contributed by atoms with van der Waals surface area (Å²) >= 11 is 0. The number of carbonyl (C=O) groups is 2. The van der Waals surface area contributed by atoms with Crippen molar-refractivity contribution in [3.05, 3.63) is 75.0 Å². The number of para-hydroxylation sites is 1. The van der Waals surface area contributed by atoms with Crippen LogP contribution in [0.3, 0.4) is 0 Å². The molecule has 1 aliphatic rings. The van der Waals surface area contributed by atoms with Gasteiger partial charge in [-0.25, -0.2) is 4.79 Å². The van der Waals surface area contributed by atoms with E-state index in [1.54, 1.807) is 13.0 Å². The summed E-state index contributed by atoms with van der Waals surface area (Å²) in [6.45, 7) is 7.66. The molecule has 0 bridgehead atoms. The molecule has 1 amide bonds. The van der Waals surface area contributed by atoms with Crippen LogP contribution in [0.5, 0.6) is 0 Å². The fraction of sp³-hybridized carbons (Fsp3) is 0.370. The predicted octanol–water partition coefficient (Wildman–Crippen LogP) is 5.40. The summed E-state index contributed by atoms with van der Waals surface area (Å²) in [5.41, 5.74) is 3.63. The summed E-state index contributed by atoms with van der Waals surface area (Å²) in [5.74, 6) is -0.744. The molecule has 1 aliphatic carbocycles. The maximum Gasteiger partial charge on any atom is 0.339 e. The van der Waals surface area contributed by atoms with E-state index in [1.165, 1.54) is 12.1 Å². The summed E-state index contributed by atoms with van der Waals surface area (Å²) in [6.07, 6.45) is 2.51. The van der Waals surface area contributed by atoms with Crippen molar-refractivity contribution in [1.82, 2.24) is 4.98 Å². The van der Waals surface area contributed by atoms with Crippen molar-refractivity contribution < 1.29 is 19.2 Å². The third-order valence-corrected chi connectivity index (χ3v) is 6.80. The lowest BCUT2D eigenvalue weighted by Gasteiger charge is -2.35. The molecular weight excluding hydrogens is 446 g/mol. The minimum Gasteiger partial charge on any atom is -0.452 e. The first-order valence-electron chi connectivity index (χ1n) is 11.7. The normalized spacial score (nSPS) is 15.4. The maximum atomic E-state index is 13.3. The molecule has 0 saturated heterocycles. The number of benzene rings is 2. The minimum absolute atomic E-state index is 0.0839. The number of carbonyl (C=O) groups excluding carboxylic acids is 2. The number of aromatic nitrogens is 1. The van der Waals surface area contributed by atoms with Gasteiger partial charge in [0, 0.05) is 17.1 Å². The fourth-order valence-corrected chi connectivity index (χ4v) is 4.71. The van der Waals surface area contributed by atoms with Crippen molar-refractivity contribution in [2.24, 2.45) is 11.3 Å². The number of nitrogens with one attached hydrogen (secondary N) is 1. The van der Waals surface area contributed by atoms with E-state index in [-0.39, 0.29) is 11.1 Å². The number of fused-ring (bicyclic) bond motifs is 2. The molecule has 0 radical (unpaired) electrons. The van der Waals surface area contributed by atoms with Crippen LogP contribution in [0.4, 0.5) is 11.4 Å². The molecule has 3 aromatic rings. The third kappa shape index (κ3) is 5.01. The van der Waals surface area contributed by atoms with E-state index in [2.05, 4.69) is 26.1 Å². The third-order valence-electron chi connectivity index (χ3n) is 6.80. The monoisotopic (exact) mass is 475 g/mol. The number of ether oxygens (including phenoxy) is 1. The molecule has 4 rings (SSSR count). The van der Waals surface area contributed by atoms with Crippen LogP contribution in [-0.4, -0.2) is 28.4 Å². The molecule has 182 valence electrons. The van der Waals surface area contributed by atoms with Gasteiger partial charge in [-0.2, -0.15) is 0 Å². The van der Waals surface area contributed by atoms with E-state index in [4.69, 9.17) is 9.72 Å². The van der Waals surface area contributed by atoms with E-state index < -0.39 is 23.4 Å². The van der Waals surface area contributed by atoms with Crippen molar-refractivity contribution >= 4 is 34.2 Å². The van der Waals surface area contributed by atoms with Crippen LogP contribution in [0.2, 0.25) is 0 Å². The number of hydrogen-bond acceptors (Lipinski definition) is 6. The summed E-state index contributed by atoms with van der Waals surface area (Å²) in [7, 11) is 0. The standard InChI is InChI=1S/C27H29N3O5/c1-16-20(10-7-11-23(16)30(33)34)29-24(31)15-35-26(32)25-18-8-5-6-9-21(18)28-22-13-12-17(14-19(22)25)27(2,3)4/h5-11,17H,12-15H2,1-4H3,(H,29,31). The first-order valence-corrected chi connectivity index (χ1v) is 11.7. The second kappa shape index (κ2) is 9.44. The number of rotatable bonds is 5. The van der Waals surface area contributed by atoms with Gasteiger partial charge in [0.1, 0.15) is 0 Å². The van der Waals surface area contributed by atoms with Gasteiger partial charge in [0.2, 0.25) is 0 Å². The number of esters is 1. The first-order chi connectivity index (χ1) is 16.6. The summed E-state index contributed by atoms with van der Waals surface area (Å²) in [4.78, 5) is 41.4. The fourth-order valence-electron chi connectivity index (χ4n) is 4.71. The Labute approximate surface area is 203 Å². The van der Waals surface area contributed by atoms with Crippen molar-refractivity contribution in [1.29, 1.82) is 0 Å². The topological polar surface area (TPSA) is 111 Å². The predicted molar refractivity (Wildman–Crippen MR) is 133 cm³/mol. The maximum absolute atomic E-state index is 13.3. The molecule has 1 atom stereocenters. The van der Waals surface area contributed by atoms with Gasteiger partial charge >= 0.3 is 5.97 Å². The van der Waals surface area contributed by atoms with Gasteiger partial charge in [-0.05, 0) is 55.2 Å². The number of nitro groups is 1. The second-order valence-corrected chi connectivity index (χ2v) is 10.1. The van der Waals surface area contributed by atoms with Crippen molar-refractivity contribution in [2.45, 2.75) is 47.0 Å². The number of nitro benzene ring substituents is 1. The zero-order chi connectivity index (χ0) is 25.3. The Morgan fingerprint density at radius 1 is 1.17 bits per heavy atom. The van der Waals surface area contributed by atoms with Gasteiger partial charge in [-0.15, -0.1) is 0 Å². The van der Waals surface area contributed by atoms with Crippen LogP contribution < -0.4 is 5.32 Å². The minimum atomic E-state index is -0.569. The van der Waals surface area contributed by atoms with Crippen LogP contribution in [0.25, 0.3) is 10.9 Å². The SMILES string of the molecule is Cc1c(NC(=O)COC(=O)c2c3c(nc4ccccc24)CCC(C(C)(C)C)C3)cccc1[N+](=O)[O-]. The number of amides is 1. The van der Waals surface area contributed by atoms with Gasteiger partial charge in [0.05, 0.1) is 27.3 Å². The Bertz CT molecular complexity index is 1330. The van der Waals surface area contributed by atoms with Gasteiger partial charge in [-0.1, -0.05) is 45.0 Å². The smallest absolute Gasteiger partial charge is 0.339 e. The average Bonchev–Trinajstić information content (AvgIpc) is 2.81. The zero-order valence-corrected chi connectivity index (χ0v) is 20.4. The Kier molecular flexibility index (Phi) is 6.56. The Balaban J connectivity index is 1.58. The lowest BCUT2D eigenvalue weighted by atomic mass is 9.70. The molecule has 0 aliphatic heterocycles. The summed E-state index contributed by atoms with van der Waals surface area (Å²) in [5, 5.41) is 14.5. The van der Waals surface area contributed by atoms with E-state index in [9.17, 15) is 19.7 Å². The van der Waals surface area contributed by atoms with Gasteiger partial charge < -0.3 is 10.1 Å². The Morgan fingerprint density at radius 2 is 1.91 bits per heavy atom. The number of hydrogen-bond donors (Lipinski definition) is 1. The molecule has 1 unspecified atom stereocenters. The summed E-state index contributed by atoms with van der Waals surface area (Å²) in [6, 6.07) is 11.9. The van der Waals surface area contributed by atoms with Crippen LogP contribution in [0.1, 0.15) is 54.4 Å². The number of aryl methyl sites for hydroxylation is 1. The highest BCUT2D eigenvalue weighted by molar-refractivity contribution is 6.06. The van der Waals surface area contributed by atoms with Crippen LogP contribution in [0.15, 0.2) is 42.5 Å². The van der Waals surface area contributed by atoms with Crippen molar-refractivity contribution in [3.8, 4) is 0 Å². The van der Waals surface area contributed by atoms with Gasteiger partial charge in [0.15, 0.2) is 6.61 Å². The molecular formula is C27H29N3O5. The zero-order valence-electron chi connectivity index (χ0n) is 20.4. The molecule has 1 aromatic heterocycles. The van der Waals surface area contributed by atoms with Crippen molar-refractivity contribution in [3.63, 3.8) is 0 Å². The molecule has 0 fully saturated rings. The molecule has 0 spiro atoms.